The van der Waals surface area contributed by atoms with Gasteiger partial charge in [-0.2, -0.15) is 0 Å². The first-order valence-electron chi connectivity index (χ1n) is 10.5. The highest BCUT2D eigenvalue weighted by molar-refractivity contribution is 5.87. The van der Waals surface area contributed by atoms with Gasteiger partial charge in [-0.3, -0.25) is 0 Å². The van der Waals surface area contributed by atoms with Gasteiger partial charge in [-0.1, -0.05) is 0 Å². The Balaban J connectivity index is 1.51. The van der Waals surface area contributed by atoms with Crippen molar-refractivity contribution in [3.63, 3.8) is 0 Å². The molecule has 0 amide bonds. The number of aryl methyl sites for hydroxylation is 1. The molecule has 0 aliphatic carbocycles. The number of benzene rings is 1. The summed E-state index contributed by atoms with van der Waals surface area (Å²) >= 11 is 0. The predicted molar refractivity (Wildman–Crippen MR) is 114 cm³/mol. The van der Waals surface area contributed by atoms with Crippen molar-refractivity contribution in [1.82, 2.24) is 15.2 Å². The Kier molecular flexibility index (Phi) is 6.17. The highest BCUT2D eigenvalue weighted by atomic mass is 16.5. The number of anilines is 1. The van der Waals surface area contributed by atoms with Crippen molar-refractivity contribution in [2.45, 2.75) is 26.2 Å². The Morgan fingerprint density at radius 3 is 2.57 bits per heavy atom. The van der Waals surface area contributed by atoms with Crippen molar-refractivity contribution in [3.05, 3.63) is 23.8 Å². The fraction of sp³-hybridized carbons (Fsp3) is 0.591. The summed E-state index contributed by atoms with van der Waals surface area (Å²) in [5, 5.41) is 4.52. The van der Waals surface area contributed by atoms with Gasteiger partial charge in [-0.15, -0.1) is 0 Å². The largest absolute Gasteiger partial charge is 0.493 e. The molecule has 0 unspecified atom stereocenters. The standard InChI is InChI=1S/C22H32N4O2/c1-17-14-22(26-11-6-23-7-12-26)24-19-16-21(20(27-2)15-18(17)19)28-13-5-10-25-8-3-4-9-25/h14-16,23H,3-13H2,1-2H3. The van der Waals surface area contributed by atoms with E-state index in [-0.39, 0.29) is 0 Å². The van der Waals surface area contributed by atoms with Crippen molar-refractivity contribution in [1.29, 1.82) is 0 Å². The highest BCUT2D eigenvalue weighted by Gasteiger charge is 2.16. The maximum Gasteiger partial charge on any atom is 0.163 e. The van der Waals surface area contributed by atoms with E-state index in [1.54, 1.807) is 7.11 Å². The topological polar surface area (TPSA) is 49.9 Å². The summed E-state index contributed by atoms with van der Waals surface area (Å²) in [5.74, 6) is 2.63. The first-order valence-corrected chi connectivity index (χ1v) is 10.5. The molecule has 0 spiro atoms. The molecule has 2 aromatic rings. The van der Waals surface area contributed by atoms with E-state index in [1.165, 1.54) is 31.5 Å². The first kappa shape index (κ1) is 19.3. The molecule has 4 rings (SSSR count). The van der Waals surface area contributed by atoms with Crippen LogP contribution in [-0.2, 0) is 0 Å². The number of nitrogens with zero attached hydrogens (tertiary/aromatic N) is 3. The normalized spacial score (nSPS) is 18.0. The number of ether oxygens (including phenoxy) is 2. The Hall–Kier alpha value is -2.05. The van der Waals surface area contributed by atoms with Gasteiger partial charge in [-0.05, 0) is 57.0 Å². The smallest absolute Gasteiger partial charge is 0.163 e. The van der Waals surface area contributed by atoms with Crippen LogP contribution in [0.3, 0.4) is 0 Å². The number of fused-ring (bicyclic) bond motifs is 1. The third kappa shape index (κ3) is 4.33. The van der Waals surface area contributed by atoms with Crippen LogP contribution >= 0.6 is 0 Å². The SMILES string of the molecule is COc1cc2c(C)cc(N3CCNCC3)nc2cc1OCCCN1CCCC1. The molecule has 0 saturated carbocycles. The van der Waals surface area contributed by atoms with Gasteiger partial charge in [0.2, 0.25) is 0 Å². The zero-order valence-corrected chi connectivity index (χ0v) is 17.2. The third-order valence-electron chi connectivity index (χ3n) is 5.80. The summed E-state index contributed by atoms with van der Waals surface area (Å²) in [4.78, 5) is 9.81. The highest BCUT2D eigenvalue weighted by Crippen LogP contribution is 2.34. The molecular formula is C22H32N4O2. The number of pyridine rings is 1. The lowest BCUT2D eigenvalue weighted by Crippen LogP contribution is -2.43. The molecule has 1 N–H and O–H groups in total. The summed E-state index contributed by atoms with van der Waals surface area (Å²) < 4.78 is 11.7. The minimum Gasteiger partial charge on any atom is -0.493 e. The van der Waals surface area contributed by atoms with Gasteiger partial charge in [0.1, 0.15) is 5.82 Å². The van der Waals surface area contributed by atoms with Crippen LogP contribution < -0.4 is 19.7 Å². The summed E-state index contributed by atoms with van der Waals surface area (Å²) in [7, 11) is 1.70. The number of hydrogen-bond donors (Lipinski definition) is 1. The summed E-state index contributed by atoms with van der Waals surface area (Å²) in [6, 6.07) is 6.29. The number of piperazine rings is 1. The Labute approximate surface area is 167 Å². The molecule has 2 saturated heterocycles. The molecular weight excluding hydrogens is 352 g/mol. The fourth-order valence-corrected chi connectivity index (χ4v) is 4.19. The fourth-order valence-electron chi connectivity index (χ4n) is 4.19. The Morgan fingerprint density at radius 1 is 1.04 bits per heavy atom. The van der Waals surface area contributed by atoms with Crippen LogP contribution in [-0.4, -0.2) is 69.4 Å². The maximum atomic E-state index is 6.11. The van der Waals surface area contributed by atoms with Crippen molar-refractivity contribution >= 4 is 16.7 Å². The van der Waals surface area contributed by atoms with Crippen LogP contribution in [0.2, 0.25) is 0 Å². The lowest BCUT2D eigenvalue weighted by atomic mass is 10.1. The molecule has 0 bridgehead atoms. The zero-order chi connectivity index (χ0) is 19.3. The van der Waals surface area contributed by atoms with Gasteiger partial charge in [0.15, 0.2) is 11.5 Å². The van der Waals surface area contributed by atoms with Crippen LogP contribution in [0, 0.1) is 6.92 Å². The van der Waals surface area contributed by atoms with Crippen molar-refractivity contribution in [2.24, 2.45) is 0 Å². The van der Waals surface area contributed by atoms with E-state index in [0.717, 1.165) is 67.4 Å². The molecule has 152 valence electrons. The summed E-state index contributed by atoms with van der Waals surface area (Å²) in [5.41, 5.74) is 2.20. The van der Waals surface area contributed by atoms with Crippen molar-refractivity contribution in [3.8, 4) is 11.5 Å². The molecule has 0 atom stereocenters. The molecule has 6 heteroatoms. The number of hydrogen-bond acceptors (Lipinski definition) is 6. The third-order valence-corrected chi connectivity index (χ3v) is 5.80. The molecule has 1 aromatic heterocycles. The average Bonchev–Trinajstić information content (AvgIpc) is 3.25. The predicted octanol–water partition coefficient (Wildman–Crippen LogP) is 2.83. The second-order valence-corrected chi connectivity index (χ2v) is 7.81. The Bertz CT molecular complexity index is 799. The van der Waals surface area contributed by atoms with E-state index < -0.39 is 0 Å². The van der Waals surface area contributed by atoms with Crippen molar-refractivity contribution in [2.75, 3.05) is 64.4 Å². The van der Waals surface area contributed by atoms with Gasteiger partial charge in [0.05, 0.1) is 19.2 Å². The second-order valence-electron chi connectivity index (χ2n) is 7.81. The number of methoxy groups -OCH3 is 1. The molecule has 2 aliphatic heterocycles. The summed E-state index contributed by atoms with van der Waals surface area (Å²) in [6.45, 7) is 10.4. The number of rotatable bonds is 7. The quantitative estimate of drug-likeness (QED) is 0.741. The van der Waals surface area contributed by atoms with Crippen LogP contribution in [0.5, 0.6) is 11.5 Å². The van der Waals surface area contributed by atoms with E-state index in [2.05, 4.69) is 34.2 Å². The van der Waals surface area contributed by atoms with Gasteiger partial charge < -0.3 is 24.6 Å². The molecule has 2 aliphatic rings. The lowest BCUT2D eigenvalue weighted by molar-refractivity contribution is 0.254. The van der Waals surface area contributed by atoms with E-state index in [0.29, 0.717) is 6.61 Å². The van der Waals surface area contributed by atoms with Gasteiger partial charge >= 0.3 is 0 Å². The van der Waals surface area contributed by atoms with E-state index in [1.807, 2.05) is 6.07 Å². The summed E-state index contributed by atoms with van der Waals surface area (Å²) in [6.07, 6.45) is 3.70. The number of likely N-dealkylation sites (tertiary alicyclic amines) is 1. The average molecular weight is 385 g/mol. The van der Waals surface area contributed by atoms with Gasteiger partial charge in [-0.25, -0.2) is 4.98 Å². The second kappa shape index (κ2) is 8.97. The number of aromatic nitrogens is 1. The zero-order valence-electron chi connectivity index (χ0n) is 17.2. The molecule has 28 heavy (non-hydrogen) atoms. The minimum atomic E-state index is 0.703. The van der Waals surface area contributed by atoms with Crippen LogP contribution in [0.15, 0.2) is 18.2 Å². The van der Waals surface area contributed by atoms with Gasteiger partial charge in [0.25, 0.3) is 0 Å². The maximum absolute atomic E-state index is 6.11. The first-order chi connectivity index (χ1) is 13.7. The van der Waals surface area contributed by atoms with Gasteiger partial charge in [0, 0.05) is 44.2 Å². The van der Waals surface area contributed by atoms with E-state index in [4.69, 9.17) is 14.5 Å². The molecule has 0 radical (unpaired) electrons. The minimum absolute atomic E-state index is 0.703. The number of nitrogens with one attached hydrogen (secondary N) is 1. The lowest BCUT2D eigenvalue weighted by Gasteiger charge is -2.29. The molecule has 1 aromatic carbocycles. The van der Waals surface area contributed by atoms with E-state index >= 15 is 0 Å². The molecule has 3 heterocycles. The molecule has 2 fully saturated rings. The monoisotopic (exact) mass is 384 g/mol. The van der Waals surface area contributed by atoms with Crippen LogP contribution in [0.4, 0.5) is 5.82 Å². The Morgan fingerprint density at radius 2 is 1.82 bits per heavy atom. The molecule has 6 nitrogen and oxygen atoms in total. The van der Waals surface area contributed by atoms with Crippen LogP contribution in [0.25, 0.3) is 10.9 Å². The van der Waals surface area contributed by atoms with Crippen LogP contribution in [0.1, 0.15) is 24.8 Å². The van der Waals surface area contributed by atoms with Crippen molar-refractivity contribution < 1.29 is 9.47 Å². The van der Waals surface area contributed by atoms with E-state index in [9.17, 15) is 0 Å².